The molecule has 3 heteroatoms. The Balaban J connectivity index is 2.43. The van der Waals surface area contributed by atoms with E-state index in [0.29, 0.717) is 12.1 Å². The molecule has 2 nitrogen and oxygen atoms in total. The fourth-order valence-corrected chi connectivity index (χ4v) is 1.73. The number of ether oxygens (including phenoxy) is 1. The van der Waals surface area contributed by atoms with E-state index in [9.17, 15) is 0 Å². The maximum Gasteiger partial charge on any atom is 0.0700 e. The highest BCUT2D eigenvalue weighted by Crippen LogP contribution is 2.14. The Morgan fingerprint density at radius 2 is 2.31 bits per heavy atom. The van der Waals surface area contributed by atoms with Crippen LogP contribution in [0.4, 0.5) is 0 Å². The third-order valence-corrected chi connectivity index (χ3v) is 3.42. The Morgan fingerprint density at radius 1 is 1.62 bits per heavy atom. The molecule has 13 heavy (non-hydrogen) atoms. The van der Waals surface area contributed by atoms with Crippen LogP contribution in [0, 0.1) is 0 Å². The van der Waals surface area contributed by atoms with E-state index in [1.54, 1.807) is 0 Å². The monoisotopic (exact) mass is 247 g/mol. The average molecular weight is 248 g/mol. The first kappa shape index (κ1) is 11.2. The highest BCUT2D eigenvalue weighted by atomic mass is 79.9. The van der Waals surface area contributed by atoms with Crippen LogP contribution >= 0.6 is 15.9 Å². The molecule has 0 amide bonds. The van der Waals surface area contributed by atoms with Crippen molar-refractivity contribution in [3.8, 4) is 0 Å². The average Bonchev–Trinajstić information content (AvgIpc) is 2.13. The summed E-state index contributed by atoms with van der Waals surface area (Å²) in [6, 6.07) is 0.504. The van der Waals surface area contributed by atoms with Gasteiger partial charge in [-0.15, -0.1) is 0 Å². The van der Waals surface area contributed by atoms with Gasteiger partial charge in [0, 0.05) is 24.5 Å². The maximum absolute atomic E-state index is 5.55. The van der Waals surface area contributed by atoms with Crippen molar-refractivity contribution in [3.63, 3.8) is 0 Å². The molecule has 0 aromatic heterocycles. The minimum atomic E-state index is 0.344. The van der Waals surface area contributed by atoms with Gasteiger partial charge in [-0.1, -0.05) is 28.1 Å². The predicted molar refractivity (Wildman–Crippen MR) is 59.4 cm³/mol. The van der Waals surface area contributed by atoms with Crippen molar-refractivity contribution in [1.82, 2.24) is 4.90 Å². The van der Waals surface area contributed by atoms with Crippen LogP contribution in [-0.2, 0) is 4.74 Å². The Morgan fingerprint density at radius 3 is 2.92 bits per heavy atom. The van der Waals surface area contributed by atoms with Crippen LogP contribution in [-0.4, -0.2) is 42.1 Å². The first-order valence-electron chi connectivity index (χ1n) is 4.73. The first-order chi connectivity index (χ1) is 6.15. The molecule has 0 bridgehead atoms. The second-order valence-electron chi connectivity index (χ2n) is 3.67. The van der Waals surface area contributed by atoms with Gasteiger partial charge in [0.25, 0.3) is 0 Å². The highest BCUT2D eigenvalue weighted by molar-refractivity contribution is 9.09. The molecule has 0 saturated carbocycles. The van der Waals surface area contributed by atoms with Gasteiger partial charge in [-0.3, -0.25) is 4.90 Å². The number of nitrogens with zero attached hydrogens (tertiary/aromatic N) is 1. The maximum atomic E-state index is 5.55. The third kappa shape index (κ3) is 3.08. The largest absolute Gasteiger partial charge is 0.376 e. The quantitative estimate of drug-likeness (QED) is 0.560. The Labute approximate surface area is 89.1 Å². The Bertz CT molecular complexity index is 184. The Hall–Kier alpha value is 0.140. The fourth-order valence-electron chi connectivity index (χ4n) is 1.55. The molecule has 1 fully saturated rings. The van der Waals surface area contributed by atoms with E-state index in [-0.39, 0.29) is 0 Å². The predicted octanol–water partition coefficient (Wildman–Crippen LogP) is 2.05. The lowest BCUT2D eigenvalue weighted by atomic mass is 10.1. The molecule has 0 aromatic rings. The molecule has 1 saturated heterocycles. The van der Waals surface area contributed by atoms with Crippen molar-refractivity contribution in [3.05, 3.63) is 12.2 Å². The van der Waals surface area contributed by atoms with Crippen molar-refractivity contribution in [2.75, 3.05) is 25.0 Å². The Kier molecular flexibility index (Phi) is 4.42. The van der Waals surface area contributed by atoms with Gasteiger partial charge in [-0.25, -0.2) is 0 Å². The number of morpholine rings is 1. The van der Waals surface area contributed by atoms with E-state index in [2.05, 4.69) is 41.3 Å². The van der Waals surface area contributed by atoms with E-state index in [0.717, 1.165) is 25.0 Å². The SMILES string of the molecule is C=C(CBr)CN1CCOC(C)C1C. The van der Waals surface area contributed by atoms with Crippen LogP contribution in [0.3, 0.4) is 0 Å². The molecular formula is C10H18BrNO. The minimum absolute atomic E-state index is 0.344. The van der Waals surface area contributed by atoms with E-state index < -0.39 is 0 Å². The summed E-state index contributed by atoms with van der Waals surface area (Å²) in [5, 5.41) is 0.894. The van der Waals surface area contributed by atoms with Crippen LogP contribution in [0.1, 0.15) is 13.8 Å². The van der Waals surface area contributed by atoms with Gasteiger partial charge in [0.15, 0.2) is 0 Å². The van der Waals surface area contributed by atoms with E-state index in [1.165, 1.54) is 5.57 Å². The number of hydrogen-bond acceptors (Lipinski definition) is 2. The van der Waals surface area contributed by atoms with Gasteiger partial charge < -0.3 is 4.74 Å². The van der Waals surface area contributed by atoms with Crippen molar-refractivity contribution >= 4 is 15.9 Å². The smallest absolute Gasteiger partial charge is 0.0700 e. The molecule has 0 radical (unpaired) electrons. The second-order valence-corrected chi connectivity index (χ2v) is 4.23. The van der Waals surface area contributed by atoms with Crippen molar-refractivity contribution in [2.45, 2.75) is 26.0 Å². The zero-order valence-electron chi connectivity index (χ0n) is 8.42. The summed E-state index contributed by atoms with van der Waals surface area (Å²) in [5.41, 5.74) is 1.24. The molecule has 1 rings (SSSR count). The summed E-state index contributed by atoms with van der Waals surface area (Å²) in [5.74, 6) is 0. The summed E-state index contributed by atoms with van der Waals surface area (Å²) in [4.78, 5) is 2.43. The number of alkyl halides is 1. The van der Waals surface area contributed by atoms with Gasteiger partial charge in [-0.05, 0) is 13.8 Å². The lowest BCUT2D eigenvalue weighted by molar-refractivity contribution is -0.0514. The molecule has 0 aliphatic carbocycles. The lowest BCUT2D eigenvalue weighted by Crippen LogP contribution is -2.49. The van der Waals surface area contributed by atoms with E-state index >= 15 is 0 Å². The summed E-state index contributed by atoms with van der Waals surface area (Å²) in [7, 11) is 0. The standard InChI is InChI=1S/C10H18BrNO/c1-8(6-11)7-12-4-5-13-10(3)9(12)2/h9-10H,1,4-7H2,2-3H3. The van der Waals surface area contributed by atoms with Gasteiger partial charge in [0.2, 0.25) is 0 Å². The van der Waals surface area contributed by atoms with Crippen LogP contribution in [0.2, 0.25) is 0 Å². The summed E-state index contributed by atoms with van der Waals surface area (Å²) in [6.07, 6.45) is 0.344. The molecule has 76 valence electrons. The normalized spacial score (nSPS) is 30.4. The van der Waals surface area contributed by atoms with Gasteiger partial charge >= 0.3 is 0 Å². The van der Waals surface area contributed by atoms with Crippen molar-refractivity contribution in [2.24, 2.45) is 0 Å². The lowest BCUT2D eigenvalue weighted by Gasteiger charge is -2.38. The molecule has 0 N–H and O–H groups in total. The fraction of sp³-hybridized carbons (Fsp3) is 0.800. The molecule has 2 unspecified atom stereocenters. The van der Waals surface area contributed by atoms with E-state index in [1.807, 2.05) is 0 Å². The molecule has 1 aliphatic heterocycles. The number of hydrogen-bond donors (Lipinski definition) is 0. The topological polar surface area (TPSA) is 12.5 Å². The molecule has 0 spiro atoms. The van der Waals surface area contributed by atoms with Crippen LogP contribution < -0.4 is 0 Å². The van der Waals surface area contributed by atoms with Crippen LogP contribution in [0.15, 0.2) is 12.2 Å². The summed E-state index contributed by atoms with van der Waals surface area (Å²) >= 11 is 3.42. The second kappa shape index (κ2) is 5.13. The van der Waals surface area contributed by atoms with E-state index in [4.69, 9.17) is 4.74 Å². The third-order valence-electron chi connectivity index (χ3n) is 2.63. The molecule has 1 heterocycles. The summed E-state index contributed by atoms with van der Waals surface area (Å²) < 4.78 is 5.55. The summed E-state index contributed by atoms with van der Waals surface area (Å²) in [6.45, 7) is 11.2. The van der Waals surface area contributed by atoms with Gasteiger partial charge in [-0.2, -0.15) is 0 Å². The van der Waals surface area contributed by atoms with Gasteiger partial charge in [0.1, 0.15) is 0 Å². The number of rotatable bonds is 3. The zero-order valence-corrected chi connectivity index (χ0v) is 10.0. The van der Waals surface area contributed by atoms with Gasteiger partial charge in [0.05, 0.1) is 12.7 Å². The van der Waals surface area contributed by atoms with Crippen LogP contribution in [0.25, 0.3) is 0 Å². The highest BCUT2D eigenvalue weighted by Gasteiger charge is 2.24. The molecule has 2 atom stereocenters. The number of halogens is 1. The van der Waals surface area contributed by atoms with Crippen molar-refractivity contribution < 1.29 is 4.74 Å². The van der Waals surface area contributed by atoms with Crippen molar-refractivity contribution in [1.29, 1.82) is 0 Å². The minimum Gasteiger partial charge on any atom is -0.376 e. The molecule has 0 aromatic carbocycles. The zero-order chi connectivity index (χ0) is 9.84. The van der Waals surface area contributed by atoms with Crippen LogP contribution in [0.5, 0.6) is 0 Å². The first-order valence-corrected chi connectivity index (χ1v) is 5.85. The molecule has 1 aliphatic rings. The molecular weight excluding hydrogens is 230 g/mol.